The average molecular weight is 387 g/mol. The fraction of sp³-hybridized carbons (Fsp3) is 0.0909. The lowest BCUT2D eigenvalue weighted by Crippen LogP contribution is -2.22. The molecule has 7 heteroatoms. The Bertz CT molecular complexity index is 1280. The van der Waals surface area contributed by atoms with E-state index in [4.69, 9.17) is 0 Å². The van der Waals surface area contributed by atoms with Crippen LogP contribution in [0.25, 0.3) is 21.8 Å². The number of nitro groups is 1. The third kappa shape index (κ3) is 3.34. The van der Waals surface area contributed by atoms with Crippen LogP contribution in [0.5, 0.6) is 0 Å². The summed E-state index contributed by atoms with van der Waals surface area (Å²) < 4.78 is 1.79. The van der Waals surface area contributed by atoms with Crippen LogP contribution in [-0.2, 0) is 11.3 Å². The summed E-state index contributed by atoms with van der Waals surface area (Å²) >= 11 is 0. The van der Waals surface area contributed by atoms with Crippen LogP contribution in [-0.4, -0.2) is 15.4 Å². The minimum Gasteiger partial charge on any atom is -0.331 e. The molecular formula is C22H17N3O4. The number of carbonyl (C=O) groups is 1. The second kappa shape index (κ2) is 7.20. The molecule has 29 heavy (non-hydrogen) atoms. The lowest BCUT2D eigenvalue weighted by molar-refractivity contribution is -0.384. The summed E-state index contributed by atoms with van der Waals surface area (Å²) in [5.41, 5.74) is 2.24. The molecule has 0 atom stereocenters. The number of hydrogen-bond acceptors (Lipinski definition) is 4. The van der Waals surface area contributed by atoms with Crippen LogP contribution in [0.15, 0.2) is 71.5 Å². The van der Waals surface area contributed by atoms with Crippen molar-refractivity contribution in [1.82, 2.24) is 4.57 Å². The predicted octanol–water partition coefficient (Wildman–Crippen LogP) is 4.01. The van der Waals surface area contributed by atoms with E-state index in [9.17, 15) is 19.7 Å². The molecule has 144 valence electrons. The molecule has 0 aliphatic rings. The fourth-order valence-electron chi connectivity index (χ4n) is 3.44. The molecule has 0 bridgehead atoms. The number of anilines is 1. The van der Waals surface area contributed by atoms with Crippen LogP contribution < -0.4 is 10.7 Å². The van der Waals surface area contributed by atoms with Crippen LogP contribution in [0.1, 0.15) is 5.56 Å². The Labute approximate surface area is 165 Å². The summed E-state index contributed by atoms with van der Waals surface area (Å²) in [5, 5.41) is 14.8. The van der Waals surface area contributed by atoms with E-state index in [-0.39, 0.29) is 23.6 Å². The summed E-state index contributed by atoms with van der Waals surface area (Å²) in [7, 11) is 0. The van der Waals surface area contributed by atoms with Gasteiger partial charge in [-0.05, 0) is 36.8 Å². The zero-order valence-electron chi connectivity index (χ0n) is 15.6. The number of fused-ring (bicyclic) bond motifs is 2. The Hall–Kier alpha value is -4.00. The number of benzene rings is 3. The molecule has 1 N–H and O–H groups in total. The predicted molar refractivity (Wildman–Crippen MR) is 112 cm³/mol. The summed E-state index contributed by atoms with van der Waals surface area (Å²) in [6.45, 7) is 1.73. The monoisotopic (exact) mass is 387 g/mol. The Morgan fingerprint density at radius 1 is 1.00 bits per heavy atom. The van der Waals surface area contributed by atoms with Crippen molar-refractivity contribution in [3.8, 4) is 0 Å². The third-order valence-electron chi connectivity index (χ3n) is 4.89. The quantitative estimate of drug-likeness (QED) is 0.325. The number of aryl methyl sites for hydroxylation is 1. The second-order valence-corrected chi connectivity index (χ2v) is 6.75. The molecule has 3 aromatic carbocycles. The SMILES string of the molecule is Cc1ccc([N+](=O)[O-])cc1NC(=O)Cn1c2ccccc2c(=O)c2ccccc21. The standard InChI is InChI=1S/C22H17N3O4/c1-14-10-11-15(25(28)29)12-18(14)23-21(26)13-24-19-8-4-2-6-16(19)22(27)17-7-3-5-9-20(17)24/h2-12H,13H2,1H3,(H,23,26). The Kier molecular flexibility index (Phi) is 4.56. The van der Waals surface area contributed by atoms with Gasteiger partial charge in [-0.25, -0.2) is 0 Å². The van der Waals surface area contributed by atoms with E-state index in [1.165, 1.54) is 12.1 Å². The Morgan fingerprint density at radius 2 is 1.59 bits per heavy atom. The molecule has 0 radical (unpaired) electrons. The lowest BCUT2D eigenvalue weighted by atomic mass is 10.1. The van der Waals surface area contributed by atoms with E-state index in [1.807, 2.05) is 12.1 Å². The first kappa shape index (κ1) is 18.4. The normalized spacial score (nSPS) is 10.9. The maximum Gasteiger partial charge on any atom is 0.271 e. The van der Waals surface area contributed by atoms with Gasteiger partial charge in [-0.15, -0.1) is 0 Å². The number of rotatable bonds is 4. The van der Waals surface area contributed by atoms with Crippen molar-refractivity contribution >= 4 is 39.1 Å². The number of amides is 1. The van der Waals surface area contributed by atoms with Crippen molar-refractivity contribution in [3.63, 3.8) is 0 Å². The summed E-state index contributed by atoms with van der Waals surface area (Å²) in [5.74, 6) is -0.340. The molecule has 0 spiro atoms. The second-order valence-electron chi connectivity index (χ2n) is 6.75. The Balaban J connectivity index is 1.77. The number of carbonyl (C=O) groups excluding carboxylic acids is 1. The van der Waals surface area contributed by atoms with Gasteiger partial charge in [0.2, 0.25) is 5.91 Å². The maximum atomic E-state index is 12.8. The number of pyridine rings is 1. The molecule has 7 nitrogen and oxygen atoms in total. The molecule has 4 aromatic rings. The first-order valence-electron chi connectivity index (χ1n) is 9.01. The van der Waals surface area contributed by atoms with Gasteiger partial charge >= 0.3 is 0 Å². The van der Waals surface area contributed by atoms with Gasteiger partial charge in [0.05, 0.1) is 21.6 Å². The van der Waals surface area contributed by atoms with Gasteiger partial charge < -0.3 is 9.88 Å². The molecule has 0 aliphatic heterocycles. The van der Waals surface area contributed by atoms with E-state index in [0.717, 1.165) is 5.56 Å². The van der Waals surface area contributed by atoms with E-state index in [1.54, 1.807) is 54.0 Å². The molecule has 1 aromatic heterocycles. The van der Waals surface area contributed by atoms with E-state index >= 15 is 0 Å². The van der Waals surface area contributed by atoms with Crippen molar-refractivity contribution < 1.29 is 9.72 Å². The van der Waals surface area contributed by atoms with Gasteiger partial charge in [-0.3, -0.25) is 19.7 Å². The summed E-state index contributed by atoms with van der Waals surface area (Å²) in [6.07, 6.45) is 0. The molecule has 0 saturated heterocycles. The number of aromatic nitrogens is 1. The third-order valence-corrected chi connectivity index (χ3v) is 4.89. The number of non-ortho nitro benzene ring substituents is 1. The highest BCUT2D eigenvalue weighted by Gasteiger charge is 2.15. The molecule has 1 amide bonds. The van der Waals surface area contributed by atoms with Gasteiger partial charge in [0, 0.05) is 22.9 Å². The van der Waals surface area contributed by atoms with Crippen LogP contribution in [0.4, 0.5) is 11.4 Å². The Morgan fingerprint density at radius 3 is 2.17 bits per heavy atom. The number of nitrogens with zero attached hydrogens (tertiary/aromatic N) is 2. The minimum absolute atomic E-state index is 0.0383. The highest BCUT2D eigenvalue weighted by atomic mass is 16.6. The highest BCUT2D eigenvalue weighted by molar-refractivity contribution is 5.97. The fourth-order valence-corrected chi connectivity index (χ4v) is 3.44. The largest absolute Gasteiger partial charge is 0.331 e. The summed E-state index contributed by atoms with van der Waals surface area (Å²) in [4.78, 5) is 36.1. The molecule has 0 fully saturated rings. The van der Waals surface area contributed by atoms with Crippen molar-refractivity contribution in [3.05, 3.63) is 92.6 Å². The molecular weight excluding hydrogens is 370 g/mol. The highest BCUT2D eigenvalue weighted by Crippen LogP contribution is 2.23. The number of para-hydroxylation sites is 2. The van der Waals surface area contributed by atoms with E-state index < -0.39 is 4.92 Å². The minimum atomic E-state index is -0.502. The van der Waals surface area contributed by atoms with Crippen molar-refractivity contribution in [1.29, 1.82) is 0 Å². The van der Waals surface area contributed by atoms with Crippen molar-refractivity contribution in [2.24, 2.45) is 0 Å². The number of hydrogen-bond donors (Lipinski definition) is 1. The van der Waals surface area contributed by atoms with Gasteiger partial charge in [0.25, 0.3) is 5.69 Å². The van der Waals surface area contributed by atoms with Crippen LogP contribution >= 0.6 is 0 Å². The van der Waals surface area contributed by atoms with Gasteiger partial charge in [0.15, 0.2) is 5.43 Å². The van der Waals surface area contributed by atoms with Gasteiger partial charge in [-0.2, -0.15) is 0 Å². The van der Waals surface area contributed by atoms with E-state index in [0.29, 0.717) is 27.5 Å². The first-order chi connectivity index (χ1) is 14.0. The molecule has 4 rings (SSSR count). The van der Waals surface area contributed by atoms with Crippen molar-refractivity contribution in [2.75, 3.05) is 5.32 Å². The zero-order chi connectivity index (χ0) is 20.5. The molecule has 0 aliphatic carbocycles. The van der Waals surface area contributed by atoms with Crippen LogP contribution in [0.2, 0.25) is 0 Å². The maximum absolute atomic E-state index is 12.8. The topological polar surface area (TPSA) is 94.2 Å². The molecule has 0 saturated carbocycles. The first-order valence-corrected chi connectivity index (χ1v) is 9.01. The summed E-state index contributed by atoms with van der Waals surface area (Å²) in [6, 6.07) is 18.6. The average Bonchev–Trinajstić information content (AvgIpc) is 2.72. The molecule has 1 heterocycles. The zero-order valence-corrected chi connectivity index (χ0v) is 15.6. The lowest BCUT2D eigenvalue weighted by Gasteiger charge is -2.15. The number of nitrogens with one attached hydrogen (secondary N) is 1. The molecule has 0 unspecified atom stereocenters. The van der Waals surface area contributed by atoms with Crippen LogP contribution in [0, 0.1) is 17.0 Å². The van der Waals surface area contributed by atoms with Crippen LogP contribution in [0.3, 0.4) is 0 Å². The van der Waals surface area contributed by atoms with Crippen molar-refractivity contribution in [2.45, 2.75) is 13.5 Å². The van der Waals surface area contributed by atoms with Gasteiger partial charge in [-0.1, -0.05) is 30.3 Å². The smallest absolute Gasteiger partial charge is 0.271 e. The number of nitro benzene ring substituents is 1. The van der Waals surface area contributed by atoms with E-state index in [2.05, 4.69) is 5.32 Å². The van der Waals surface area contributed by atoms with Gasteiger partial charge in [0.1, 0.15) is 6.54 Å².